The number of carbonyl (C=O) groups excluding carboxylic acids is 2. The number of allylic oxidation sites excluding steroid dienone is 4. The van der Waals surface area contributed by atoms with Gasteiger partial charge in [0.05, 0.1) is 33.9 Å². The predicted molar refractivity (Wildman–Crippen MR) is 235 cm³/mol. The summed E-state index contributed by atoms with van der Waals surface area (Å²) in [4.78, 5) is 35.4. The van der Waals surface area contributed by atoms with E-state index in [1.54, 1.807) is 6.08 Å². The molecule has 334 valence electrons. The van der Waals surface area contributed by atoms with Crippen molar-refractivity contribution < 1.29 is 47.2 Å². The number of phosphoric acid groups is 1. The number of quaternary nitrogens is 1. The summed E-state index contributed by atoms with van der Waals surface area (Å²) in [5.74, 6) is -0.847. The van der Waals surface area contributed by atoms with Crippen LogP contribution in [0.2, 0.25) is 0 Å². The van der Waals surface area contributed by atoms with Crippen molar-refractivity contribution in [2.24, 2.45) is 0 Å². The van der Waals surface area contributed by atoms with E-state index in [-0.39, 0.29) is 26.1 Å². The third kappa shape index (κ3) is 42.1. The van der Waals surface area contributed by atoms with Gasteiger partial charge in [0.1, 0.15) is 19.8 Å². The van der Waals surface area contributed by atoms with E-state index in [1.165, 1.54) is 89.9 Å². The second-order valence-corrected chi connectivity index (χ2v) is 18.1. The smallest absolute Gasteiger partial charge is 0.462 e. The second-order valence-electron chi connectivity index (χ2n) is 16.6. The Morgan fingerprint density at radius 1 is 0.632 bits per heavy atom. The number of aliphatic hydroxyl groups is 1. The first-order valence-corrected chi connectivity index (χ1v) is 24.3. The zero-order valence-electron chi connectivity index (χ0n) is 37.2. The van der Waals surface area contributed by atoms with Gasteiger partial charge >= 0.3 is 19.8 Å². The lowest BCUT2D eigenvalue weighted by Crippen LogP contribution is -2.37. The third-order valence-corrected chi connectivity index (χ3v) is 10.7. The summed E-state index contributed by atoms with van der Waals surface area (Å²) in [6, 6.07) is 0. The standard InChI is InChI=1S/C46H86NO9P/c1-6-8-10-11-12-13-14-15-16-17-18-19-20-23-27-30-34-38-46(50)56-44(42-55-57(51,52)54-40-39-47(3,4)5)41-53-45(49)37-33-29-26-24-21-22-25-28-32-36-43(48)35-31-9-7-2/h9,25,28,31-32,36,43-44,48H,6-8,10-24,26-27,29-30,33-35,37-42H2,1-5H3/p+1/b28-25+,31-9+,36-32+/t43?,44-/m1/s1. The van der Waals surface area contributed by atoms with E-state index in [4.69, 9.17) is 18.5 Å². The Bertz CT molecular complexity index is 1090. The molecule has 0 radical (unpaired) electrons. The maximum Gasteiger partial charge on any atom is 0.472 e. The highest BCUT2D eigenvalue weighted by atomic mass is 31.2. The van der Waals surface area contributed by atoms with Crippen LogP contribution in [0, 0.1) is 0 Å². The van der Waals surface area contributed by atoms with Gasteiger partial charge in [0.2, 0.25) is 0 Å². The predicted octanol–water partition coefficient (Wildman–Crippen LogP) is 11.9. The normalized spacial score (nSPS) is 14.4. The SMILES string of the molecule is CC/C=C/CC(O)/C=C/C=C/CCCCCCCC(=O)OC[C@H](COP(=O)(O)OCC[N+](C)(C)C)OC(=O)CCCCCCCCCCCCCCCCCCC. The molecule has 0 saturated carbocycles. The summed E-state index contributed by atoms with van der Waals surface area (Å²) in [5, 5.41) is 9.88. The Morgan fingerprint density at radius 3 is 1.67 bits per heavy atom. The first kappa shape index (κ1) is 55.2. The molecule has 0 rings (SSSR count). The van der Waals surface area contributed by atoms with E-state index in [0.29, 0.717) is 30.3 Å². The molecule has 0 saturated heterocycles. The molecule has 0 aliphatic rings. The molecule has 10 nitrogen and oxygen atoms in total. The fraction of sp³-hybridized carbons (Fsp3) is 0.826. The van der Waals surface area contributed by atoms with Crippen molar-refractivity contribution in [1.29, 1.82) is 0 Å². The summed E-state index contributed by atoms with van der Waals surface area (Å²) in [6.07, 6.45) is 39.5. The largest absolute Gasteiger partial charge is 0.472 e. The van der Waals surface area contributed by atoms with Crippen LogP contribution in [0.1, 0.15) is 187 Å². The fourth-order valence-corrected chi connectivity index (χ4v) is 6.91. The average molecular weight is 829 g/mol. The fourth-order valence-electron chi connectivity index (χ4n) is 6.17. The Morgan fingerprint density at radius 2 is 1.14 bits per heavy atom. The van der Waals surface area contributed by atoms with Crippen LogP contribution in [0.4, 0.5) is 0 Å². The molecule has 0 bridgehead atoms. The van der Waals surface area contributed by atoms with Gasteiger partial charge in [0, 0.05) is 12.8 Å². The topological polar surface area (TPSA) is 129 Å². The Labute approximate surface area is 349 Å². The molecule has 0 spiro atoms. The molecule has 0 heterocycles. The molecule has 0 aromatic carbocycles. The van der Waals surface area contributed by atoms with Crippen molar-refractivity contribution in [3.05, 3.63) is 36.5 Å². The molecular formula is C46H87NO9P+. The number of likely N-dealkylation sites (N-methyl/N-ethyl adjacent to an activating group) is 1. The average Bonchev–Trinajstić information content (AvgIpc) is 3.15. The van der Waals surface area contributed by atoms with E-state index in [0.717, 1.165) is 51.4 Å². The zero-order valence-corrected chi connectivity index (χ0v) is 38.1. The van der Waals surface area contributed by atoms with E-state index in [9.17, 15) is 24.2 Å². The molecule has 11 heteroatoms. The molecule has 0 aromatic rings. The molecule has 57 heavy (non-hydrogen) atoms. The lowest BCUT2D eigenvalue weighted by Gasteiger charge is -2.24. The van der Waals surface area contributed by atoms with Crippen molar-refractivity contribution in [2.75, 3.05) is 47.5 Å². The van der Waals surface area contributed by atoms with Crippen LogP contribution in [-0.2, 0) is 32.7 Å². The number of esters is 2. The van der Waals surface area contributed by atoms with Crippen LogP contribution in [0.5, 0.6) is 0 Å². The van der Waals surface area contributed by atoms with Crippen molar-refractivity contribution in [3.8, 4) is 0 Å². The number of phosphoric ester groups is 1. The number of carbonyl (C=O) groups is 2. The van der Waals surface area contributed by atoms with Crippen LogP contribution in [0.15, 0.2) is 36.5 Å². The van der Waals surface area contributed by atoms with Gasteiger partial charge < -0.3 is 24.0 Å². The summed E-state index contributed by atoms with van der Waals surface area (Å²) in [7, 11) is 1.44. The summed E-state index contributed by atoms with van der Waals surface area (Å²) >= 11 is 0. The number of hydrogen-bond acceptors (Lipinski definition) is 8. The van der Waals surface area contributed by atoms with Gasteiger partial charge in [-0.1, -0.05) is 172 Å². The van der Waals surface area contributed by atoms with E-state index in [2.05, 4.69) is 26.0 Å². The first-order chi connectivity index (χ1) is 27.4. The molecule has 0 amide bonds. The van der Waals surface area contributed by atoms with Crippen molar-refractivity contribution in [1.82, 2.24) is 0 Å². The molecular weight excluding hydrogens is 741 g/mol. The second kappa shape index (κ2) is 38.4. The van der Waals surface area contributed by atoms with Crippen LogP contribution < -0.4 is 0 Å². The number of ether oxygens (including phenoxy) is 2. The summed E-state index contributed by atoms with van der Waals surface area (Å²) < 4.78 is 34.3. The highest BCUT2D eigenvalue weighted by Crippen LogP contribution is 2.43. The molecule has 3 atom stereocenters. The van der Waals surface area contributed by atoms with E-state index >= 15 is 0 Å². The molecule has 0 aliphatic heterocycles. The van der Waals surface area contributed by atoms with Gasteiger partial charge in [0.25, 0.3) is 0 Å². The quantitative estimate of drug-likeness (QED) is 0.0154. The van der Waals surface area contributed by atoms with E-state index < -0.39 is 38.6 Å². The lowest BCUT2D eigenvalue weighted by molar-refractivity contribution is -0.870. The molecule has 0 aromatic heterocycles. The zero-order chi connectivity index (χ0) is 42.3. The maximum absolute atomic E-state index is 12.7. The highest BCUT2D eigenvalue weighted by molar-refractivity contribution is 7.47. The molecule has 0 aliphatic carbocycles. The van der Waals surface area contributed by atoms with Gasteiger partial charge in [-0.25, -0.2) is 4.57 Å². The molecule has 2 N–H and O–H groups in total. The van der Waals surface area contributed by atoms with Crippen LogP contribution >= 0.6 is 7.82 Å². The number of unbranched alkanes of at least 4 members (excludes halogenated alkanes) is 21. The number of aliphatic hydroxyl groups excluding tert-OH is 1. The van der Waals surface area contributed by atoms with Crippen molar-refractivity contribution >= 4 is 19.8 Å². The number of hydrogen-bond donors (Lipinski definition) is 2. The molecule has 0 fully saturated rings. The summed E-state index contributed by atoms with van der Waals surface area (Å²) in [5.41, 5.74) is 0. The maximum atomic E-state index is 12.7. The van der Waals surface area contributed by atoms with Gasteiger partial charge in [-0.15, -0.1) is 0 Å². The van der Waals surface area contributed by atoms with Crippen molar-refractivity contribution in [3.63, 3.8) is 0 Å². The van der Waals surface area contributed by atoms with Gasteiger partial charge in [-0.3, -0.25) is 18.6 Å². The van der Waals surface area contributed by atoms with Crippen LogP contribution in [0.25, 0.3) is 0 Å². The minimum Gasteiger partial charge on any atom is -0.462 e. The van der Waals surface area contributed by atoms with Gasteiger partial charge in [-0.2, -0.15) is 0 Å². The van der Waals surface area contributed by atoms with Crippen LogP contribution in [0.3, 0.4) is 0 Å². The third-order valence-electron chi connectivity index (χ3n) is 9.76. The van der Waals surface area contributed by atoms with Crippen LogP contribution in [-0.4, -0.2) is 86.1 Å². The summed E-state index contributed by atoms with van der Waals surface area (Å²) in [6.45, 7) is 4.18. The Hall–Kier alpha value is -1.81. The highest BCUT2D eigenvalue weighted by Gasteiger charge is 2.27. The lowest BCUT2D eigenvalue weighted by atomic mass is 10.0. The minimum absolute atomic E-state index is 0.0203. The Balaban J connectivity index is 4.38. The first-order valence-electron chi connectivity index (χ1n) is 22.8. The van der Waals surface area contributed by atoms with Gasteiger partial charge in [-0.05, 0) is 38.5 Å². The molecule has 2 unspecified atom stereocenters. The minimum atomic E-state index is -4.39. The van der Waals surface area contributed by atoms with Crippen molar-refractivity contribution in [2.45, 2.75) is 199 Å². The van der Waals surface area contributed by atoms with Gasteiger partial charge in [0.15, 0.2) is 6.10 Å². The number of rotatable bonds is 41. The monoisotopic (exact) mass is 829 g/mol. The van der Waals surface area contributed by atoms with E-state index in [1.807, 2.05) is 39.4 Å². The Kier molecular flexibility index (Phi) is 37.2. The number of nitrogens with zero attached hydrogens (tertiary/aromatic N) is 1.